The number of carbonyl (C=O) groups is 2. The summed E-state index contributed by atoms with van der Waals surface area (Å²) in [6.07, 6.45) is 2.81. The van der Waals surface area contributed by atoms with Gasteiger partial charge in [0.2, 0.25) is 5.91 Å². The molecule has 1 saturated carbocycles. The highest BCUT2D eigenvalue weighted by Gasteiger charge is 2.61. The van der Waals surface area contributed by atoms with Crippen LogP contribution in [0.2, 0.25) is 5.02 Å². The van der Waals surface area contributed by atoms with Crippen LogP contribution in [-0.4, -0.2) is 42.9 Å². The Morgan fingerprint density at radius 3 is 2.30 bits per heavy atom. The third kappa shape index (κ3) is 5.26. The second-order valence-electron chi connectivity index (χ2n) is 11.9. The molecular weight excluding hydrogens is 612 g/mol. The van der Waals surface area contributed by atoms with Crippen LogP contribution >= 0.6 is 11.6 Å². The summed E-state index contributed by atoms with van der Waals surface area (Å²) in [5.74, 6) is -2.31. The van der Waals surface area contributed by atoms with E-state index in [2.05, 4.69) is 0 Å². The number of amides is 1. The van der Waals surface area contributed by atoms with Crippen molar-refractivity contribution in [3.63, 3.8) is 0 Å². The average molecular weight is 644 g/mol. The van der Waals surface area contributed by atoms with Gasteiger partial charge in [-0.05, 0) is 105 Å². The molecule has 1 amide bonds. The van der Waals surface area contributed by atoms with E-state index in [-0.39, 0.29) is 41.3 Å². The lowest BCUT2D eigenvalue weighted by Crippen LogP contribution is -2.53. The number of likely N-dealkylation sites (tertiary alicyclic amines) is 1. The minimum atomic E-state index is -4.12. The second kappa shape index (κ2) is 11.8. The molecule has 2 fully saturated rings. The molecule has 2 atom stereocenters. The van der Waals surface area contributed by atoms with Gasteiger partial charge in [-0.15, -0.1) is 0 Å². The zero-order valence-electron chi connectivity index (χ0n) is 23.8. The van der Waals surface area contributed by atoms with E-state index in [1.807, 2.05) is 6.07 Å². The van der Waals surface area contributed by atoms with Crippen molar-refractivity contribution in [2.24, 2.45) is 11.8 Å². The number of nitrogens with zero attached hydrogens (tertiary/aromatic N) is 1. The van der Waals surface area contributed by atoms with Gasteiger partial charge in [0.15, 0.2) is 9.84 Å². The molecule has 0 unspecified atom stereocenters. The number of ether oxygens (including phenoxy) is 1. The van der Waals surface area contributed by atoms with E-state index >= 15 is 0 Å². The highest BCUT2D eigenvalue weighted by molar-refractivity contribution is 7.92. The lowest BCUT2D eigenvalue weighted by atomic mass is 9.77. The Labute approximate surface area is 259 Å². The minimum Gasteiger partial charge on any atom is -0.489 e. The quantitative estimate of drug-likeness (QED) is 0.303. The summed E-state index contributed by atoms with van der Waals surface area (Å²) in [6, 6.07) is 13.4. The molecule has 3 aliphatic rings. The Morgan fingerprint density at radius 1 is 0.932 bits per heavy atom. The van der Waals surface area contributed by atoms with Gasteiger partial charge in [0.1, 0.15) is 28.7 Å². The summed E-state index contributed by atoms with van der Waals surface area (Å²) in [5.41, 5.74) is 1.98. The Morgan fingerprint density at radius 2 is 1.61 bits per heavy atom. The molecule has 3 aromatic rings. The number of carboxylic acids is 1. The van der Waals surface area contributed by atoms with Gasteiger partial charge >= 0.3 is 5.97 Å². The van der Waals surface area contributed by atoms with E-state index in [4.69, 9.17) is 16.3 Å². The summed E-state index contributed by atoms with van der Waals surface area (Å²) in [6.45, 7) is 0.329. The fourth-order valence-corrected chi connectivity index (χ4v) is 9.89. The number of sulfone groups is 1. The normalized spacial score (nSPS) is 24.8. The maximum absolute atomic E-state index is 14.6. The van der Waals surface area contributed by atoms with Crippen LogP contribution in [0, 0.1) is 23.5 Å². The van der Waals surface area contributed by atoms with E-state index in [9.17, 15) is 31.9 Å². The molecule has 0 spiro atoms. The summed E-state index contributed by atoms with van der Waals surface area (Å²) in [7, 11) is -4.12. The number of aryl methyl sites for hydroxylation is 1. The molecule has 7 nitrogen and oxygen atoms in total. The first-order valence-corrected chi connectivity index (χ1v) is 16.6. The molecule has 1 aliphatic heterocycles. The molecular formula is C33H32ClF2NO6S. The summed E-state index contributed by atoms with van der Waals surface area (Å²) in [5, 5.41) is 9.63. The number of carboxylic acid groups (broad SMARTS) is 1. The predicted molar refractivity (Wildman–Crippen MR) is 159 cm³/mol. The lowest BCUT2D eigenvalue weighted by molar-refractivity contribution is -0.146. The van der Waals surface area contributed by atoms with Crippen molar-refractivity contribution in [2.45, 2.75) is 67.2 Å². The second-order valence-corrected chi connectivity index (χ2v) is 14.5. The zero-order chi connectivity index (χ0) is 31.2. The molecule has 6 rings (SSSR count). The summed E-state index contributed by atoms with van der Waals surface area (Å²) in [4.78, 5) is 27.0. The minimum absolute atomic E-state index is 0.0145. The van der Waals surface area contributed by atoms with Crippen LogP contribution in [0.4, 0.5) is 8.78 Å². The van der Waals surface area contributed by atoms with Crippen LogP contribution in [0.5, 0.6) is 5.75 Å². The first-order valence-electron chi connectivity index (χ1n) is 14.7. The molecule has 0 aromatic heterocycles. The third-order valence-corrected chi connectivity index (χ3v) is 12.5. The van der Waals surface area contributed by atoms with E-state index in [1.54, 1.807) is 23.1 Å². The van der Waals surface area contributed by atoms with Gasteiger partial charge in [-0.3, -0.25) is 9.59 Å². The highest BCUT2D eigenvalue weighted by atomic mass is 35.5. The van der Waals surface area contributed by atoms with Gasteiger partial charge in [0.05, 0.1) is 21.9 Å². The summed E-state index contributed by atoms with van der Waals surface area (Å²) < 4.78 is 61.0. The molecule has 11 heteroatoms. The van der Waals surface area contributed by atoms with Gasteiger partial charge in [-0.2, -0.15) is 0 Å². The fraction of sp³-hybridized carbons (Fsp3) is 0.394. The average Bonchev–Trinajstić information content (AvgIpc) is 3.42. The summed E-state index contributed by atoms with van der Waals surface area (Å²) >= 11 is 6.16. The molecule has 1 saturated heterocycles. The topological polar surface area (TPSA) is 101 Å². The van der Waals surface area contributed by atoms with Crippen LogP contribution in [0.25, 0.3) is 0 Å². The van der Waals surface area contributed by atoms with Crippen molar-refractivity contribution in [2.75, 3.05) is 6.54 Å². The van der Waals surface area contributed by atoms with Gasteiger partial charge in [-0.25, -0.2) is 17.2 Å². The molecule has 0 bridgehead atoms. The third-order valence-electron chi connectivity index (χ3n) is 9.58. The Hall–Kier alpha value is -3.50. The molecule has 0 radical (unpaired) electrons. The van der Waals surface area contributed by atoms with Crippen molar-refractivity contribution in [3.8, 4) is 5.75 Å². The molecule has 44 heavy (non-hydrogen) atoms. The predicted octanol–water partition coefficient (Wildman–Crippen LogP) is 6.30. The fourth-order valence-electron chi connectivity index (χ4n) is 7.30. The van der Waals surface area contributed by atoms with Gasteiger partial charge in [0.25, 0.3) is 0 Å². The van der Waals surface area contributed by atoms with Crippen molar-refractivity contribution < 1.29 is 36.6 Å². The maximum atomic E-state index is 14.6. The van der Waals surface area contributed by atoms with Crippen LogP contribution in [-0.2, 0) is 37.2 Å². The Kier molecular flexibility index (Phi) is 8.17. The number of halogens is 3. The molecule has 3 aromatic carbocycles. The number of benzene rings is 3. The van der Waals surface area contributed by atoms with Crippen LogP contribution < -0.4 is 4.74 Å². The van der Waals surface area contributed by atoms with E-state index in [1.165, 1.54) is 24.3 Å². The maximum Gasteiger partial charge on any atom is 0.306 e. The zero-order valence-corrected chi connectivity index (χ0v) is 25.4. The van der Waals surface area contributed by atoms with Gasteiger partial charge < -0.3 is 14.7 Å². The lowest BCUT2D eigenvalue weighted by Gasteiger charge is -2.43. The van der Waals surface area contributed by atoms with Crippen molar-refractivity contribution in [3.05, 3.63) is 94.0 Å². The SMILES string of the molecule is O=C(O)[C@H]1CC[C@H](C(=O)N2CC[C@@]3(S(=O)(=O)c4ccc(F)cc4)c4ccc(OCc5ccc(F)cc5Cl)cc4CC[C@@H]23)CC1. The molecule has 2 aliphatic carbocycles. The number of aliphatic carboxylic acids is 1. The van der Waals surface area contributed by atoms with E-state index in [0.717, 1.165) is 17.7 Å². The molecule has 232 valence electrons. The van der Waals surface area contributed by atoms with Crippen molar-refractivity contribution >= 4 is 33.3 Å². The number of carbonyl (C=O) groups excluding carboxylic acids is 1. The van der Waals surface area contributed by atoms with E-state index in [0.29, 0.717) is 55.4 Å². The largest absolute Gasteiger partial charge is 0.489 e. The standard InChI is InChI=1S/C33H32ClF2NO6S/c34-29-18-25(36)7-5-23(29)19-43-26-10-13-28-22(17-26)6-14-30-33(28,44(41,42)27-11-8-24(35)9-12-27)15-16-37(30)31(38)20-1-3-21(4-2-20)32(39)40/h5,7-13,17-18,20-21,30H,1-4,6,14-16,19H2,(H,39,40)/t20-,21-,30-,33-/m1/s1. The van der Waals surface area contributed by atoms with Crippen LogP contribution in [0.1, 0.15) is 55.2 Å². The number of rotatable bonds is 7. The molecule has 1 N–H and O–H groups in total. The van der Waals surface area contributed by atoms with Gasteiger partial charge in [0, 0.05) is 18.0 Å². The van der Waals surface area contributed by atoms with Gasteiger partial charge in [-0.1, -0.05) is 23.7 Å². The van der Waals surface area contributed by atoms with Crippen molar-refractivity contribution in [1.82, 2.24) is 4.90 Å². The molecule has 1 heterocycles. The van der Waals surface area contributed by atoms with Crippen molar-refractivity contribution in [1.29, 1.82) is 0 Å². The van der Waals surface area contributed by atoms with Crippen LogP contribution in [0.15, 0.2) is 65.6 Å². The first-order chi connectivity index (χ1) is 21.0. The number of hydrogen-bond donors (Lipinski definition) is 1. The van der Waals surface area contributed by atoms with Crippen LogP contribution in [0.3, 0.4) is 0 Å². The monoisotopic (exact) mass is 643 g/mol. The Bertz CT molecular complexity index is 1710. The first kappa shape index (κ1) is 30.5. The Balaban J connectivity index is 1.34. The number of fused-ring (bicyclic) bond motifs is 3. The number of hydrogen-bond acceptors (Lipinski definition) is 5. The van der Waals surface area contributed by atoms with E-state index < -0.39 is 44.1 Å². The smallest absolute Gasteiger partial charge is 0.306 e. The highest BCUT2D eigenvalue weighted by Crippen LogP contribution is 2.53.